The van der Waals surface area contributed by atoms with Crippen LogP contribution in [-0.4, -0.2) is 34.6 Å². The zero-order valence-corrected chi connectivity index (χ0v) is 15.3. The van der Waals surface area contributed by atoms with E-state index in [4.69, 9.17) is 15.2 Å². The van der Waals surface area contributed by atoms with Gasteiger partial charge in [-0.3, -0.25) is 10.2 Å². The molecule has 1 aromatic carbocycles. The summed E-state index contributed by atoms with van der Waals surface area (Å²) in [6.07, 6.45) is 4.85. The molecule has 4 N–H and O–H groups in total. The van der Waals surface area contributed by atoms with Crippen molar-refractivity contribution in [2.24, 2.45) is 0 Å². The highest BCUT2D eigenvalue weighted by Gasteiger charge is 2.27. The van der Waals surface area contributed by atoms with Crippen LogP contribution in [0.5, 0.6) is 11.5 Å². The van der Waals surface area contributed by atoms with E-state index in [2.05, 4.69) is 20.4 Å². The third-order valence-electron chi connectivity index (χ3n) is 5.22. The third-order valence-corrected chi connectivity index (χ3v) is 5.22. The van der Waals surface area contributed by atoms with Crippen molar-refractivity contribution in [1.29, 1.82) is 0 Å². The Kier molecular flexibility index (Phi) is 4.47. The second-order valence-corrected chi connectivity index (χ2v) is 6.76. The lowest BCUT2D eigenvalue weighted by Crippen LogP contribution is -2.07. The molecule has 8 heteroatoms. The number of nitrogens with two attached hydrogens (primary N) is 1. The molecule has 3 aromatic rings. The molecule has 0 bridgehead atoms. The molecule has 1 aliphatic carbocycles. The number of rotatable bonds is 4. The van der Waals surface area contributed by atoms with E-state index in [0.29, 0.717) is 23.4 Å². The maximum atomic E-state index is 14.9. The Morgan fingerprint density at radius 3 is 2.78 bits per heavy atom. The maximum absolute atomic E-state index is 14.9. The molecule has 0 radical (unpaired) electrons. The predicted molar refractivity (Wildman–Crippen MR) is 99.5 cm³/mol. The van der Waals surface area contributed by atoms with Gasteiger partial charge >= 0.3 is 0 Å². The van der Waals surface area contributed by atoms with Crippen LogP contribution in [0.3, 0.4) is 0 Å². The summed E-state index contributed by atoms with van der Waals surface area (Å²) in [7, 11) is 3.03. The van der Waals surface area contributed by atoms with Crippen LogP contribution < -0.4 is 15.2 Å². The van der Waals surface area contributed by atoms with Crippen molar-refractivity contribution in [2.45, 2.75) is 31.6 Å². The molecule has 0 unspecified atom stereocenters. The number of fused-ring (bicyclic) bond motifs is 1. The van der Waals surface area contributed by atoms with Gasteiger partial charge in [0.15, 0.2) is 11.6 Å². The fourth-order valence-electron chi connectivity index (χ4n) is 3.83. The second kappa shape index (κ2) is 6.94. The number of hydrogen-bond donors (Lipinski definition) is 3. The number of hydrogen-bond acceptors (Lipinski definition) is 5. The molecule has 2 aromatic heterocycles. The summed E-state index contributed by atoms with van der Waals surface area (Å²) < 4.78 is 25.4. The smallest absolute Gasteiger partial charge is 0.168 e. The largest absolute Gasteiger partial charge is 0.497 e. The van der Waals surface area contributed by atoms with E-state index in [1.54, 1.807) is 25.4 Å². The predicted octanol–water partition coefficient (Wildman–Crippen LogP) is 3.20. The lowest BCUT2D eigenvalue weighted by Gasteiger charge is -2.18. The Balaban J connectivity index is 1.71. The van der Waals surface area contributed by atoms with Gasteiger partial charge in [0.25, 0.3) is 0 Å². The van der Waals surface area contributed by atoms with Crippen molar-refractivity contribution in [1.82, 2.24) is 20.4 Å². The molecular weight excluding hydrogens is 349 g/mol. The fourth-order valence-corrected chi connectivity index (χ4v) is 3.83. The maximum Gasteiger partial charge on any atom is 0.168 e. The van der Waals surface area contributed by atoms with Gasteiger partial charge in [-0.25, -0.2) is 4.39 Å². The molecule has 0 fully saturated rings. The molecule has 7 nitrogen and oxygen atoms in total. The molecule has 0 amide bonds. The molecule has 0 aliphatic heterocycles. The average Bonchev–Trinajstić information content (AvgIpc) is 3.20. The molecule has 2 heterocycles. The number of methoxy groups -OCH3 is 2. The monoisotopic (exact) mass is 371 g/mol. The Bertz CT molecular complexity index is 965. The van der Waals surface area contributed by atoms with Gasteiger partial charge < -0.3 is 15.2 Å². The first-order chi connectivity index (χ1) is 13.1. The van der Waals surface area contributed by atoms with Gasteiger partial charge in [0.05, 0.1) is 26.1 Å². The van der Waals surface area contributed by atoms with Crippen molar-refractivity contribution < 1.29 is 13.9 Å². The van der Waals surface area contributed by atoms with E-state index in [9.17, 15) is 4.39 Å². The first-order valence-electron chi connectivity index (χ1n) is 8.89. The summed E-state index contributed by atoms with van der Waals surface area (Å²) in [6.45, 7) is 0. The van der Waals surface area contributed by atoms with Crippen LogP contribution in [0, 0.1) is 5.82 Å². The zero-order chi connectivity index (χ0) is 19.0. The quantitative estimate of drug-likeness (QED) is 0.611. The summed E-state index contributed by atoms with van der Waals surface area (Å²) in [6, 6.07) is 3.33. The van der Waals surface area contributed by atoms with Crippen LogP contribution in [0.1, 0.15) is 35.6 Å². The number of benzene rings is 1. The van der Waals surface area contributed by atoms with Crippen LogP contribution in [-0.2, 0) is 12.8 Å². The van der Waals surface area contributed by atoms with Gasteiger partial charge in [-0.1, -0.05) is 0 Å². The van der Waals surface area contributed by atoms with Crippen LogP contribution in [0.25, 0.3) is 11.4 Å². The van der Waals surface area contributed by atoms with E-state index in [0.717, 1.165) is 41.9 Å². The van der Waals surface area contributed by atoms with E-state index < -0.39 is 0 Å². The minimum absolute atomic E-state index is 0.00247. The molecule has 1 atom stereocenters. The summed E-state index contributed by atoms with van der Waals surface area (Å²) in [5.74, 6) is 0.458. The average molecular weight is 371 g/mol. The van der Waals surface area contributed by atoms with Crippen LogP contribution in [0.15, 0.2) is 18.3 Å². The highest BCUT2D eigenvalue weighted by atomic mass is 19.1. The lowest BCUT2D eigenvalue weighted by atomic mass is 9.90. The number of halogens is 1. The van der Waals surface area contributed by atoms with E-state index in [-0.39, 0.29) is 17.5 Å². The number of aromatic amines is 2. The van der Waals surface area contributed by atoms with Crippen LogP contribution in [0.4, 0.5) is 10.1 Å². The highest BCUT2D eigenvalue weighted by molar-refractivity contribution is 5.72. The van der Waals surface area contributed by atoms with Gasteiger partial charge in [0, 0.05) is 17.3 Å². The number of nitrogen functional groups attached to an aromatic ring is 1. The Morgan fingerprint density at radius 2 is 2.07 bits per heavy atom. The summed E-state index contributed by atoms with van der Waals surface area (Å²) >= 11 is 0. The normalized spacial score (nSPS) is 16.6. The van der Waals surface area contributed by atoms with Crippen LogP contribution in [0.2, 0.25) is 0 Å². The molecule has 27 heavy (non-hydrogen) atoms. The minimum Gasteiger partial charge on any atom is -0.497 e. The van der Waals surface area contributed by atoms with Gasteiger partial charge in [-0.05, 0) is 43.2 Å². The summed E-state index contributed by atoms with van der Waals surface area (Å²) in [4.78, 5) is 0. The molecule has 0 saturated heterocycles. The SMILES string of the molecule is COc1cc(OC)c(F)c([C@@H]2CCCc3c(-c4[nH]ncc4N)n[nH]c3C2)c1. The van der Waals surface area contributed by atoms with E-state index in [1.165, 1.54) is 7.11 Å². The number of nitrogens with zero attached hydrogens (tertiary/aromatic N) is 2. The number of aromatic nitrogens is 4. The molecule has 4 rings (SSSR count). The number of anilines is 1. The van der Waals surface area contributed by atoms with E-state index >= 15 is 0 Å². The standard InChI is InChI=1S/C19H22FN5O2/c1-26-11-7-13(17(20)16(8-11)27-2)10-4-3-5-12-15(6-10)23-25-18(12)19-14(21)9-22-24-19/h7-10H,3-6,21H2,1-2H3,(H,22,24)(H,23,25)/t10-/m1/s1. The third kappa shape index (κ3) is 3.01. The first kappa shape index (κ1) is 17.4. The Labute approximate surface area is 156 Å². The lowest BCUT2D eigenvalue weighted by molar-refractivity contribution is 0.368. The zero-order valence-electron chi connectivity index (χ0n) is 15.3. The molecular formula is C19H22FN5O2. The molecule has 1 aliphatic rings. The van der Waals surface area contributed by atoms with Gasteiger partial charge in [0.1, 0.15) is 17.1 Å². The van der Waals surface area contributed by atoms with Crippen molar-refractivity contribution >= 4 is 5.69 Å². The fraction of sp³-hybridized carbons (Fsp3) is 0.368. The number of H-pyrrole nitrogens is 2. The molecule has 142 valence electrons. The van der Waals surface area contributed by atoms with Gasteiger partial charge in [0.2, 0.25) is 0 Å². The summed E-state index contributed by atoms with van der Waals surface area (Å²) in [5, 5.41) is 14.5. The van der Waals surface area contributed by atoms with Crippen molar-refractivity contribution in [3.8, 4) is 22.9 Å². The Hall–Kier alpha value is -3.03. The second-order valence-electron chi connectivity index (χ2n) is 6.76. The molecule has 0 spiro atoms. The number of nitrogens with one attached hydrogen (secondary N) is 2. The molecule has 0 saturated carbocycles. The van der Waals surface area contributed by atoms with Gasteiger partial charge in [-0.15, -0.1) is 0 Å². The highest BCUT2D eigenvalue weighted by Crippen LogP contribution is 2.39. The van der Waals surface area contributed by atoms with E-state index in [1.807, 2.05) is 0 Å². The minimum atomic E-state index is -0.329. The van der Waals surface area contributed by atoms with Crippen LogP contribution >= 0.6 is 0 Å². The van der Waals surface area contributed by atoms with Crippen molar-refractivity contribution in [3.63, 3.8) is 0 Å². The number of ether oxygens (including phenoxy) is 2. The van der Waals surface area contributed by atoms with Gasteiger partial charge in [-0.2, -0.15) is 10.2 Å². The Morgan fingerprint density at radius 1 is 1.22 bits per heavy atom. The van der Waals surface area contributed by atoms with Crippen molar-refractivity contribution in [3.05, 3.63) is 41.0 Å². The summed E-state index contributed by atoms with van der Waals surface area (Å²) in [5.41, 5.74) is 10.8. The van der Waals surface area contributed by atoms with Crippen molar-refractivity contribution in [2.75, 3.05) is 20.0 Å². The topological polar surface area (TPSA) is 102 Å². The first-order valence-corrected chi connectivity index (χ1v) is 8.89.